The molecule has 15 nitrogen and oxygen atoms in total. The predicted octanol–water partition coefficient (Wildman–Crippen LogP) is 10.8. The minimum absolute atomic E-state index is 0.0847. The number of halogens is 6. The van der Waals surface area contributed by atoms with Crippen molar-refractivity contribution in [2.24, 2.45) is 0 Å². The first-order chi connectivity index (χ1) is 34.0. The van der Waals surface area contributed by atoms with Crippen LogP contribution in [0.15, 0.2) is 73.6 Å². The summed E-state index contributed by atoms with van der Waals surface area (Å²) in [6.07, 6.45) is 9.42. The van der Waals surface area contributed by atoms with E-state index in [2.05, 4.69) is 44.6 Å². The molecule has 2 aromatic carbocycles. The van der Waals surface area contributed by atoms with Crippen LogP contribution in [0.1, 0.15) is 20.7 Å². The third-order valence-electron chi connectivity index (χ3n) is 11.5. The largest absolute Gasteiger partial charge is 0.496 e. The number of ether oxygens (including phenoxy) is 3. The molecule has 0 unspecified atom stereocenters. The maximum atomic E-state index is 14.5. The fourth-order valence-corrected chi connectivity index (χ4v) is 9.07. The highest BCUT2D eigenvalue weighted by atomic mass is 35.5. The van der Waals surface area contributed by atoms with Gasteiger partial charge in [-0.15, -0.1) is 0 Å². The Morgan fingerprint density at radius 2 is 1.12 bits per heavy atom. The molecule has 0 aliphatic carbocycles. The van der Waals surface area contributed by atoms with E-state index in [1.54, 1.807) is 63.5 Å². The van der Waals surface area contributed by atoms with Crippen LogP contribution in [0.25, 0.3) is 66.6 Å². The molecule has 376 valence electrons. The van der Waals surface area contributed by atoms with Crippen molar-refractivity contribution in [2.75, 3.05) is 60.5 Å². The van der Waals surface area contributed by atoms with E-state index >= 15 is 0 Å². The summed E-state index contributed by atoms with van der Waals surface area (Å²) in [7, 11) is 7.88. The van der Waals surface area contributed by atoms with E-state index in [4.69, 9.17) is 48.9 Å². The Balaban J connectivity index is 0.000000216. The first kappa shape index (κ1) is 52.6. The monoisotopic (exact) mass is 1040 g/mol. The van der Waals surface area contributed by atoms with Crippen molar-refractivity contribution in [1.29, 1.82) is 0 Å². The Labute approximate surface area is 422 Å². The highest BCUT2D eigenvalue weighted by molar-refractivity contribution is 6.76. The second kappa shape index (κ2) is 21.2. The number of amides is 2. The molecule has 22 heteroatoms. The average molecular weight is 1050 g/mol. The number of rotatable bonds is 13. The molecule has 2 amide bonds. The van der Waals surface area contributed by atoms with E-state index in [1.807, 2.05) is 0 Å². The fourth-order valence-electron chi connectivity index (χ4n) is 7.62. The summed E-state index contributed by atoms with van der Waals surface area (Å²) in [6, 6.07) is 8.24. The average Bonchev–Trinajstić information content (AvgIpc) is 3.95. The molecule has 0 spiro atoms. The Bertz CT molecular complexity index is 3400. The molecule has 5 N–H and O–H groups in total. The maximum Gasteiger partial charge on any atom is 0.257 e. The lowest BCUT2D eigenvalue weighted by atomic mass is 10.0. The number of pyridine rings is 4. The van der Waals surface area contributed by atoms with Crippen LogP contribution in [0.2, 0.25) is 35.7 Å². The van der Waals surface area contributed by atoms with E-state index in [1.165, 1.54) is 42.6 Å². The number of carbonyl (C=O) groups is 2. The first-order valence-electron chi connectivity index (χ1n) is 22.0. The van der Waals surface area contributed by atoms with E-state index in [0.717, 1.165) is 30.3 Å². The number of H-pyrrole nitrogens is 1. The van der Waals surface area contributed by atoms with Crippen molar-refractivity contribution in [3.63, 3.8) is 0 Å². The summed E-state index contributed by atoms with van der Waals surface area (Å²) in [5.74, 6) is -4.29. The topological polar surface area (TPSA) is 193 Å². The number of anilines is 2. The van der Waals surface area contributed by atoms with Crippen LogP contribution in [0.5, 0.6) is 11.5 Å². The Kier molecular flexibility index (Phi) is 15.5. The van der Waals surface area contributed by atoms with Gasteiger partial charge in [-0.05, 0) is 30.3 Å². The number of aromatic amines is 1. The van der Waals surface area contributed by atoms with Gasteiger partial charge >= 0.3 is 0 Å². The number of hydrogen-bond donors (Lipinski definition) is 3. The number of nitrogens with two attached hydrogens (primary N) is 2. The molecular weight excluding hydrogens is 996 g/mol. The lowest BCUT2D eigenvalue weighted by molar-refractivity contribution is 0.0821. The summed E-state index contributed by atoms with van der Waals surface area (Å²) in [4.78, 5) is 48.3. The first-order valence-corrected chi connectivity index (χ1v) is 26.4. The summed E-state index contributed by atoms with van der Waals surface area (Å²) in [6.45, 7) is 7.55. The predicted molar refractivity (Wildman–Crippen MR) is 275 cm³/mol. The molecule has 8 aromatic rings. The van der Waals surface area contributed by atoms with Gasteiger partial charge in [-0.2, -0.15) is 0 Å². The van der Waals surface area contributed by atoms with Gasteiger partial charge in [0, 0.05) is 147 Å². The SMILES string of the molecule is COc1cc(F)c(F)cc1-c1c[nH]c2ncc(-c3cnc(N)c(C(=O)N(C)C)c3)c(Cl)c12.COc1cc(F)c(F)cc1-c1cn(COCC[Si](C)(C)C)c2ncc(-c3cnc(N)c(C(=O)N(C)C)c3)c(Cl)c12. The number of benzene rings is 2. The van der Waals surface area contributed by atoms with Gasteiger partial charge in [-0.1, -0.05) is 42.8 Å². The number of methoxy groups -OCH3 is 2. The molecule has 72 heavy (non-hydrogen) atoms. The molecule has 0 radical (unpaired) electrons. The van der Waals surface area contributed by atoms with E-state index in [0.29, 0.717) is 73.2 Å². The number of aromatic nitrogens is 6. The summed E-state index contributed by atoms with van der Waals surface area (Å²) in [5.41, 5.74) is 16.8. The standard InChI is InChI=1S/C28H32ClF2N5O3Si.C22H18ClF2N5O2/c1-35(2)28(37)18-9-16(12-33-26(18)32)19-13-34-27-24(25(19)29)20(14-36(27)15-39-7-8-40(4,5)6)17-10-21(30)22(31)11-23(17)38-3;1-30(2)22(31)12-4-10(7-27-20(12)26)13-8-28-21-18(19(13)23)14(9-29-21)11-5-15(24)16(25)6-17(11)32-3/h9-14H,7-8,15H2,1-6H3,(H2,32,33);4-9H,1-3H3,(H2,26,27)(H,28,29). The van der Waals surface area contributed by atoms with E-state index in [9.17, 15) is 27.2 Å². The second-order valence-corrected chi connectivity index (χ2v) is 24.5. The van der Waals surface area contributed by atoms with Crippen LogP contribution in [-0.2, 0) is 11.5 Å². The van der Waals surface area contributed by atoms with Crippen molar-refractivity contribution >= 4 is 76.8 Å². The lowest BCUT2D eigenvalue weighted by Gasteiger charge is -2.15. The third kappa shape index (κ3) is 10.7. The minimum atomic E-state index is -1.31. The van der Waals surface area contributed by atoms with Crippen LogP contribution < -0.4 is 20.9 Å². The molecule has 0 saturated carbocycles. The molecule has 0 aliphatic heterocycles. The van der Waals surface area contributed by atoms with Crippen molar-refractivity contribution in [3.05, 3.63) is 118 Å². The highest BCUT2D eigenvalue weighted by Gasteiger charge is 2.25. The van der Waals surface area contributed by atoms with Gasteiger partial charge in [-0.25, -0.2) is 37.5 Å². The molecule has 6 aromatic heterocycles. The molecule has 0 aliphatic rings. The van der Waals surface area contributed by atoms with Gasteiger partial charge in [0.1, 0.15) is 41.2 Å². The number of nitrogens with zero attached hydrogens (tertiary/aromatic N) is 7. The van der Waals surface area contributed by atoms with Gasteiger partial charge in [-0.3, -0.25) is 9.59 Å². The summed E-state index contributed by atoms with van der Waals surface area (Å²) >= 11 is 13.8. The smallest absolute Gasteiger partial charge is 0.257 e. The van der Waals surface area contributed by atoms with Crippen LogP contribution in [0, 0.1) is 23.3 Å². The Hall–Kier alpha value is -7.26. The van der Waals surface area contributed by atoms with Gasteiger partial charge in [0.05, 0.1) is 35.4 Å². The number of fused-ring (bicyclic) bond motifs is 2. The van der Waals surface area contributed by atoms with Crippen molar-refractivity contribution in [2.45, 2.75) is 32.4 Å². The van der Waals surface area contributed by atoms with Gasteiger partial charge in [0.15, 0.2) is 23.3 Å². The highest BCUT2D eigenvalue weighted by Crippen LogP contribution is 2.45. The molecular formula is C50H50Cl2F4N10O5Si. The Morgan fingerprint density at radius 1 is 0.653 bits per heavy atom. The van der Waals surface area contributed by atoms with Crippen LogP contribution in [0.3, 0.4) is 0 Å². The fraction of sp³-hybridized carbons (Fsp3) is 0.240. The molecule has 8 rings (SSSR count). The number of nitrogen functional groups attached to an aromatic ring is 2. The quantitative estimate of drug-likeness (QED) is 0.0565. The third-order valence-corrected chi connectivity index (χ3v) is 14.0. The van der Waals surface area contributed by atoms with Crippen LogP contribution in [-0.4, -0.2) is 108 Å². The van der Waals surface area contributed by atoms with E-state index < -0.39 is 31.3 Å². The molecule has 6 heterocycles. The lowest BCUT2D eigenvalue weighted by Crippen LogP contribution is -2.23. The second-order valence-electron chi connectivity index (χ2n) is 18.1. The van der Waals surface area contributed by atoms with E-state index in [-0.39, 0.29) is 62.9 Å². The number of carbonyl (C=O) groups excluding carboxylic acids is 2. The van der Waals surface area contributed by atoms with Crippen LogP contribution in [0.4, 0.5) is 29.2 Å². The maximum absolute atomic E-state index is 14.5. The minimum Gasteiger partial charge on any atom is -0.496 e. The molecule has 0 fully saturated rings. The van der Waals surface area contributed by atoms with Gasteiger partial charge < -0.3 is 45.0 Å². The van der Waals surface area contributed by atoms with Crippen molar-refractivity contribution < 1.29 is 41.4 Å². The Morgan fingerprint density at radius 3 is 1.61 bits per heavy atom. The summed E-state index contributed by atoms with van der Waals surface area (Å²) in [5, 5.41) is 1.52. The number of hydrogen-bond acceptors (Lipinski definition) is 11. The van der Waals surface area contributed by atoms with Crippen LogP contribution >= 0.6 is 23.2 Å². The summed E-state index contributed by atoms with van der Waals surface area (Å²) < 4.78 is 74.6. The number of nitrogens with one attached hydrogen (secondary N) is 1. The normalized spacial score (nSPS) is 11.4. The molecule has 0 saturated heterocycles. The molecule has 0 bridgehead atoms. The zero-order valence-electron chi connectivity index (χ0n) is 40.6. The van der Waals surface area contributed by atoms with Crippen molar-refractivity contribution in [3.8, 4) is 56.0 Å². The van der Waals surface area contributed by atoms with Crippen molar-refractivity contribution in [1.82, 2.24) is 39.3 Å². The zero-order valence-corrected chi connectivity index (χ0v) is 43.2. The zero-order chi connectivity index (χ0) is 52.5. The molecule has 0 atom stereocenters. The van der Waals surface area contributed by atoms with Gasteiger partial charge in [0.2, 0.25) is 0 Å². The van der Waals surface area contributed by atoms with Gasteiger partial charge in [0.25, 0.3) is 11.8 Å².